The Bertz CT molecular complexity index is 694. The highest BCUT2D eigenvalue weighted by Gasteiger charge is 2.10. The molecule has 106 valence electrons. The van der Waals surface area contributed by atoms with E-state index in [1.807, 2.05) is 13.8 Å². The van der Waals surface area contributed by atoms with Crippen molar-refractivity contribution in [2.45, 2.75) is 26.4 Å². The van der Waals surface area contributed by atoms with Crippen molar-refractivity contribution in [3.05, 3.63) is 45.0 Å². The van der Waals surface area contributed by atoms with Crippen molar-refractivity contribution >= 4 is 16.6 Å². The summed E-state index contributed by atoms with van der Waals surface area (Å²) in [6.45, 7) is 5.15. The minimum absolute atomic E-state index is 0.102. The number of non-ortho nitro benzene ring substituents is 1. The Labute approximate surface area is 115 Å². The van der Waals surface area contributed by atoms with Gasteiger partial charge >= 0.3 is 0 Å². The van der Waals surface area contributed by atoms with Gasteiger partial charge in [-0.2, -0.15) is 0 Å². The van der Waals surface area contributed by atoms with E-state index in [-0.39, 0.29) is 16.6 Å². The van der Waals surface area contributed by atoms with Gasteiger partial charge in [0.25, 0.3) is 11.2 Å². The number of nitro groups is 1. The van der Waals surface area contributed by atoms with Gasteiger partial charge in [-0.1, -0.05) is 13.8 Å². The van der Waals surface area contributed by atoms with E-state index in [0.29, 0.717) is 24.6 Å². The minimum atomic E-state index is -0.517. The number of hydrogen-bond donors (Lipinski definition) is 1. The zero-order chi connectivity index (χ0) is 14.7. The van der Waals surface area contributed by atoms with Crippen LogP contribution < -0.4 is 10.9 Å². The molecule has 2 aromatic rings. The van der Waals surface area contributed by atoms with E-state index >= 15 is 0 Å². The molecule has 0 aliphatic heterocycles. The van der Waals surface area contributed by atoms with Gasteiger partial charge in [-0.05, 0) is 6.07 Å². The van der Waals surface area contributed by atoms with Crippen LogP contribution in [0.1, 0.15) is 13.8 Å². The van der Waals surface area contributed by atoms with Gasteiger partial charge in [0.05, 0.1) is 22.2 Å². The van der Waals surface area contributed by atoms with Crippen LogP contribution in [0.5, 0.6) is 0 Å². The van der Waals surface area contributed by atoms with Gasteiger partial charge in [-0.15, -0.1) is 0 Å². The molecule has 0 bridgehead atoms. The van der Waals surface area contributed by atoms with Gasteiger partial charge in [0, 0.05) is 31.3 Å². The maximum Gasteiger partial charge on any atom is 0.270 e. The number of aromatic nitrogens is 2. The molecule has 0 unspecified atom stereocenters. The number of fused-ring (bicyclic) bond motifs is 1. The first kappa shape index (κ1) is 14.1. The summed E-state index contributed by atoms with van der Waals surface area (Å²) in [7, 11) is 0. The van der Waals surface area contributed by atoms with Crippen LogP contribution in [0.15, 0.2) is 29.3 Å². The molecular weight excluding hydrogens is 260 g/mol. The van der Waals surface area contributed by atoms with Crippen LogP contribution in [0.3, 0.4) is 0 Å². The molecule has 7 heteroatoms. The van der Waals surface area contributed by atoms with Crippen LogP contribution in [0, 0.1) is 10.1 Å². The molecule has 0 aliphatic carbocycles. The topological polar surface area (TPSA) is 90.1 Å². The second kappa shape index (κ2) is 5.79. The molecule has 0 saturated carbocycles. The van der Waals surface area contributed by atoms with E-state index in [0.717, 1.165) is 0 Å². The highest BCUT2D eigenvalue weighted by Crippen LogP contribution is 2.15. The number of benzene rings is 1. The summed E-state index contributed by atoms with van der Waals surface area (Å²) in [5, 5.41) is 14.2. The van der Waals surface area contributed by atoms with Crippen LogP contribution in [0.25, 0.3) is 10.9 Å². The molecule has 0 amide bonds. The number of nitro benzene ring substituents is 1. The minimum Gasteiger partial charge on any atom is -0.313 e. The van der Waals surface area contributed by atoms with Gasteiger partial charge in [-0.25, -0.2) is 4.98 Å². The summed E-state index contributed by atoms with van der Waals surface area (Å²) in [5.74, 6) is 0. The van der Waals surface area contributed by atoms with Crippen LogP contribution in [0.4, 0.5) is 5.69 Å². The summed E-state index contributed by atoms with van der Waals surface area (Å²) < 4.78 is 1.46. The Balaban J connectivity index is 2.36. The lowest BCUT2D eigenvalue weighted by atomic mass is 10.2. The van der Waals surface area contributed by atoms with Crippen molar-refractivity contribution in [2.24, 2.45) is 0 Å². The fourth-order valence-corrected chi connectivity index (χ4v) is 1.89. The third kappa shape index (κ3) is 3.00. The Morgan fingerprint density at radius 1 is 1.45 bits per heavy atom. The van der Waals surface area contributed by atoms with Crippen LogP contribution in [-0.2, 0) is 6.54 Å². The summed E-state index contributed by atoms with van der Waals surface area (Å²) in [6.07, 6.45) is 1.47. The molecule has 0 fully saturated rings. The van der Waals surface area contributed by atoms with Crippen molar-refractivity contribution in [3.63, 3.8) is 0 Å². The van der Waals surface area contributed by atoms with Gasteiger partial charge in [-0.3, -0.25) is 19.5 Å². The molecule has 0 saturated heterocycles. The molecule has 1 heterocycles. The zero-order valence-electron chi connectivity index (χ0n) is 11.4. The first-order chi connectivity index (χ1) is 9.49. The smallest absolute Gasteiger partial charge is 0.270 e. The van der Waals surface area contributed by atoms with Gasteiger partial charge in [0.1, 0.15) is 0 Å². The van der Waals surface area contributed by atoms with Gasteiger partial charge in [0.15, 0.2) is 0 Å². The average Bonchev–Trinajstić information content (AvgIpc) is 2.40. The third-order valence-corrected chi connectivity index (χ3v) is 2.92. The van der Waals surface area contributed by atoms with Gasteiger partial charge < -0.3 is 5.32 Å². The Morgan fingerprint density at radius 2 is 2.20 bits per heavy atom. The second-order valence-corrected chi connectivity index (χ2v) is 4.81. The van der Waals surface area contributed by atoms with Crippen molar-refractivity contribution in [1.82, 2.24) is 14.9 Å². The summed E-state index contributed by atoms with van der Waals surface area (Å²) >= 11 is 0. The highest BCUT2D eigenvalue weighted by molar-refractivity contribution is 5.79. The van der Waals surface area contributed by atoms with E-state index in [1.54, 1.807) is 0 Å². The molecule has 0 aliphatic rings. The summed E-state index contributed by atoms with van der Waals surface area (Å²) in [4.78, 5) is 26.6. The number of hydrogen-bond acceptors (Lipinski definition) is 5. The fourth-order valence-electron chi connectivity index (χ4n) is 1.89. The van der Waals surface area contributed by atoms with Crippen molar-refractivity contribution < 1.29 is 4.92 Å². The molecule has 20 heavy (non-hydrogen) atoms. The molecule has 0 radical (unpaired) electrons. The van der Waals surface area contributed by atoms with E-state index in [9.17, 15) is 14.9 Å². The predicted octanol–water partition coefficient (Wildman–Crippen LogP) is 1.30. The number of rotatable bonds is 5. The van der Waals surface area contributed by atoms with Crippen molar-refractivity contribution in [1.29, 1.82) is 0 Å². The molecule has 0 atom stereocenters. The second-order valence-electron chi connectivity index (χ2n) is 4.81. The van der Waals surface area contributed by atoms with Crippen LogP contribution >= 0.6 is 0 Å². The zero-order valence-corrected chi connectivity index (χ0v) is 11.4. The van der Waals surface area contributed by atoms with Gasteiger partial charge in [0.2, 0.25) is 0 Å². The monoisotopic (exact) mass is 276 g/mol. The average molecular weight is 276 g/mol. The largest absolute Gasteiger partial charge is 0.313 e. The lowest BCUT2D eigenvalue weighted by Crippen LogP contribution is -2.30. The van der Waals surface area contributed by atoms with Crippen molar-refractivity contribution in [2.75, 3.05) is 6.54 Å². The number of nitrogens with zero attached hydrogens (tertiary/aromatic N) is 3. The SMILES string of the molecule is CC(C)NCCn1cnc2ccc([N+](=O)[O-])cc2c1=O. The van der Waals surface area contributed by atoms with Crippen molar-refractivity contribution in [3.8, 4) is 0 Å². The Morgan fingerprint density at radius 3 is 2.85 bits per heavy atom. The summed E-state index contributed by atoms with van der Waals surface area (Å²) in [5.41, 5.74) is 0.104. The normalized spacial score (nSPS) is 11.2. The standard InChI is InChI=1S/C13H16N4O3/c1-9(2)14-5-6-16-8-15-12-4-3-10(17(19)20)7-11(12)13(16)18/h3-4,7-9,14H,5-6H2,1-2H3. The van der Waals surface area contributed by atoms with Crippen LogP contribution in [0.2, 0.25) is 0 Å². The molecular formula is C13H16N4O3. The Hall–Kier alpha value is -2.28. The van der Waals surface area contributed by atoms with E-state index < -0.39 is 4.92 Å². The molecule has 1 aromatic heterocycles. The lowest BCUT2D eigenvalue weighted by molar-refractivity contribution is -0.384. The van der Waals surface area contributed by atoms with E-state index in [1.165, 1.54) is 29.1 Å². The van der Waals surface area contributed by atoms with Crippen LogP contribution in [-0.4, -0.2) is 27.1 Å². The predicted molar refractivity (Wildman–Crippen MR) is 75.8 cm³/mol. The van der Waals surface area contributed by atoms with E-state index in [2.05, 4.69) is 10.3 Å². The summed E-state index contributed by atoms with van der Waals surface area (Å²) in [6, 6.07) is 4.45. The number of nitrogens with one attached hydrogen (secondary N) is 1. The first-order valence-corrected chi connectivity index (χ1v) is 6.36. The maximum absolute atomic E-state index is 12.3. The first-order valence-electron chi connectivity index (χ1n) is 6.36. The Kier molecular flexibility index (Phi) is 4.09. The fraction of sp³-hybridized carbons (Fsp3) is 0.385. The lowest BCUT2D eigenvalue weighted by Gasteiger charge is -2.09. The molecule has 0 spiro atoms. The molecule has 1 aromatic carbocycles. The van der Waals surface area contributed by atoms with E-state index in [4.69, 9.17) is 0 Å². The quantitative estimate of drug-likeness (QED) is 0.656. The third-order valence-electron chi connectivity index (χ3n) is 2.92. The molecule has 1 N–H and O–H groups in total. The highest BCUT2D eigenvalue weighted by atomic mass is 16.6. The maximum atomic E-state index is 12.3. The molecule has 7 nitrogen and oxygen atoms in total. The molecule has 2 rings (SSSR count).